The van der Waals surface area contributed by atoms with Gasteiger partial charge >= 0.3 is 0 Å². The van der Waals surface area contributed by atoms with E-state index in [0.29, 0.717) is 72.9 Å². The average molecular weight is 697 g/mol. The summed E-state index contributed by atoms with van der Waals surface area (Å²) in [6.45, 7) is 14.2. The molecular weight excluding hydrogens is 641 g/mol. The van der Waals surface area contributed by atoms with Gasteiger partial charge in [0.15, 0.2) is 17.4 Å². The number of aromatic nitrogens is 2. The summed E-state index contributed by atoms with van der Waals surface area (Å²) in [5.41, 5.74) is 16.2. The highest BCUT2D eigenvalue weighted by molar-refractivity contribution is 7.16. The van der Waals surface area contributed by atoms with Crippen molar-refractivity contribution in [2.24, 2.45) is 5.73 Å². The number of anilines is 3. The van der Waals surface area contributed by atoms with Crippen LogP contribution in [0.1, 0.15) is 93.5 Å². The van der Waals surface area contributed by atoms with Crippen LogP contribution in [-0.4, -0.2) is 92.8 Å². The van der Waals surface area contributed by atoms with Crippen LogP contribution in [0.25, 0.3) is 5.76 Å². The second-order valence-corrected chi connectivity index (χ2v) is 13.7. The monoisotopic (exact) mass is 696 g/mol. The van der Waals surface area contributed by atoms with Crippen molar-refractivity contribution in [3.63, 3.8) is 0 Å². The predicted octanol–water partition coefficient (Wildman–Crippen LogP) is 5.79. The van der Waals surface area contributed by atoms with Crippen molar-refractivity contribution < 1.29 is 19.3 Å². The molecule has 0 radical (unpaired) electrons. The highest BCUT2D eigenvalue weighted by Crippen LogP contribution is 2.47. The Morgan fingerprint density at radius 1 is 1.14 bits per heavy atom. The smallest absolute Gasteiger partial charge is 0.244 e. The maximum atomic E-state index is 12.1. The SMILES string of the molecule is C=C1N(CCCOC)c2nc(/C(O)=C(\CCC)C(N)C3CCCc4sc(N)c(C#N)c43)nc(OC[C@@H]3CCCN3C)c2N1CCOC.CC. The molecule has 270 valence electrons. The molecule has 2 unspecified atom stereocenters. The van der Waals surface area contributed by atoms with Crippen LogP contribution < -0.4 is 26.0 Å². The van der Waals surface area contributed by atoms with E-state index in [1.807, 2.05) is 23.6 Å². The summed E-state index contributed by atoms with van der Waals surface area (Å²) in [6, 6.07) is 2.03. The van der Waals surface area contributed by atoms with Gasteiger partial charge < -0.3 is 45.5 Å². The molecule has 0 spiro atoms. The molecule has 3 atom stereocenters. The number of nitrogen functional groups attached to an aromatic ring is 1. The third-order valence-corrected chi connectivity index (χ3v) is 10.7. The summed E-state index contributed by atoms with van der Waals surface area (Å²) in [5, 5.41) is 22.6. The number of hydrogen-bond donors (Lipinski definition) is 3. The zero-order valence-electron chi connectivity index (χ0n) is 30.3. The van der Waals surface area contributed by atoms with Gasteiger partial charge in [-0.05, 0) is 69.7 Å². The second kappa shape index (κ2) is 18.0. The fourth-order valence-electron chi connectivity index (χ4n) is 7.13. The van der Waals surface area contributed by atoms with Crippen LogP contribution in [0.15, 0.2) is 18.0 Å². The lowest BCUT2D eigenvalue weighted by molar-refractivity contribution is 0.192. The highest BCUT2D eigenvalue weighted by atomic mass is 32.1. The summed E-state index contributed by atoms with van der Waals surface area (Å²) in [4.78, 5) is 17.4. The van der Waals surface area contributed by atoms with Crippen molar-refractivity contribution in [2.45, 2.75) is 90.1 Å². The summed E-state index contributed by atoms with van der Waals surface area (Å²) in [6.07, 6.45) is 6.84. The molecule has 4 heterocycles. The van der Waals surface area contributed by atoms with Gasteiger partial charge in [-0.25, -0.2) is 4.98 Å². The number of nitrogens with two attached hydrogens (primary N) is 2. The lowest BCUT2D eigenvalue weighted by Gasteiger charge is -2.30. The Morgan fingerprint density at radius 2 is 1.90 bits per heavy atom. The van der Waals surface area contributed by atoms with Gasteiger partial charge in [-0.3, -0.25) is 0 Å². The van der Waals surface area contributed by atoms with E-state index >= 15 is 0 Å². The Kier molecular flexibility index (Phi) is 14.1. The van der Waals surface area contributed by atoms with E-state index in [0.717, 1.165) is 67.8 Å². The van der Waals surface area contributed by atoms with Gasteiger partial charge in [-0.15, -0.1) is 11.3 Å². The number of nitrogens with zero attached hydrogens (tertiary/aromatic N) is 6. The minimum absolute atomic E-state index is 0.0448. The molecule has 1 fully saturated rings. The van der Waals surface area contributed by atoms with E-state index in [4.69, 9.17) is 35.6 Å². The van der Waals surface area contributed by atoms with Gasteiger partial charge in [0.25, 0.3) is 0 Å². The number of thiophene rings is 1. The number of likely N-dealkylation sites (tertiary alicyclic amines) is 1. The molecule has 0 saturated carbocycles. The van der Waals surface area contributed by atoms with Crippen molar-refractivity contribution >= 4 is 33.6 Å². The third kappa shape index (κ3) is 8.15. The first-order valence-corrected chi connectivity index (χ1v) is 18.5. The number of ether oxygens (including phenoxy) is 3. The number of rotatable bonds is 15. The predicted molar refractivity (Wildman–Crippen MR) is 198 cm³/mol. The van der Waals surface area contributed by atoms with E-state index in [1.54, 1.807) is 14.2 Å². The van der Waals surface area contributed by atoms with Crippen LogP contribution in [0, 0.1) is 11.3 Å². The topological polar surface area (TPSA) is 159 Å². The normalized spacial score (nSPS) is 19.9. The highest BCUT2D eigenvalue weighted by Gasteiger charge is 2.38. The Hall–Kier alpha value is -3.41. The van der Waals surface area contributed by atoms with E-state index in [9.17, 15) is 10.4 Å². The van der Waals surface area contributed by atoms with Crippen molar-refractivity contribution in [2.75, 3.05) is 76.3 Å². The maximum Gasteiger partial charge on any atom is 0.244 e. The van der Waals surface area contributed by atoms with E-state index in [1.165, 1.54) is 11.3 Å². The summed E-state index contributed by atoms with van der Waals surface area (Å²) in [7, 11) is 5.47. The first kappa shape index (κ1) is 38.4. The standard InChI is InChI=1S/C34H50N8O4S.C2H6/c1-6-10-24(28(36)23-12-7-13-26-27(23)25(19-35)31(37)47-26)30(43)32-38-33-29(34(39-32)46-20-22-11-8-14-40(22)3)41(16-18-45-5)21(2)42(33)15-9-17-44-4;1-2/h22-23,28,43H,2,6-18,20,36-37H2,1,3-5H3;1-2H3/b30-24-;/t22-,23?,28?;/m0./s1. The molecule has 2 aromatic rings. The second-order valence-electron chi connectivity index (χ2n) is 12.6. The van der Waals surface area contributed by atoms with Gasteiger partial charge in [0.05, 0.1) is 12.2 Å². The van der Waals surface area contributed by atoms with Crippen LogP contribution in [0.3, 0.4) is 0 Å². The number of aliphatic hydroxyl groups excluding tert-OH is 1. The molecule has 5 N–H and O–H groups in total. The quantitative estimate of drug-likeness (QED) is 0.152. The van der Waals surface area contributed by atoms with Gasteiger partial charge in [0.2, 0.25) is 5.88 Å². The Bertz CT molecular complexity index is 1500. The van der Waals surface area contributed by atoms with Crippen molar-refractivity contribution in [3.8, 4) is 11.9 Å². The Balaban J connectivity index is 0.00000265. The molecule has 0 amide bonds. The van der Waals surface area contributed by atoms with Crippen LogP contribution in [0.2, 0.25) is 0 Å². The first-order chi connectivity index (χ1) is 23.7. The number of aryl methyl sites for hydroxylation is 1. The van der Waals surface area contributed by atoms with Gasteiger partial charge in [-0.2, -0.15) is 10.2 Å². The summed E-state index contributed by atoms with van der Waals surface area (Å²) in [5.74, 6) is 1.72. The molecule has 1 aliphatic carbocycles. The van der Waals surface area contributed by atoms with E-state index in [-0.39, 0.29) is 23.5 Å². The number of likely N-dealkylation sites (N-methyl/N-ethyl adjacent to an activating group) is 1. The summed E-state index contributed by atoms with van der Waals surface area (Å²) < 4.78 is 17.3. The van der Waals surface area contributed by atoms with Crippen LogP contribution in [-0.2, 0) is 15.9 Å². The van der Waals surface area contributed by atoms with E-state index < -0.39 is 6.04 Å². The zero-order valence-corrected chi connectivity index (χ0v) is 31.1. The van der Waals surface area contributed by atoms with Crippen molar-refractivity contribution in [1.29, 1.82) is 5.26 Å². The number of fused-ring (bicyclic) bond motifs is 2. The molecule has 3 aliphatic rings. The third-order valence-electron chi connectivity index (χ3n) is 9.64. The molecule has 13 heteroatoms. The van der Waals surface area contributed by atoms with Crippen molar-refractivity contribution in [3.05, 3.63) is 39.8 Å². The van der Waals surface area contributed by atoms with Crippen LogP contribution >= 0.6 is 11.3 Å². The number of aliphatic hydroxyl groups is 1. The first-order valence-electron chi connectivity index (χ1n) is 17.7. The fraction of sp³-hybridized carbons (Fsp3) is 0.639. The van der Waals surface area contributed by atoms with Gasteiger partial charge in [-0.1, -0.05) is 33.8 Å². The molecular formula is C36H56N8O4S. The Labute approximate surface area is 296 Å². The molecule has 2 aliphatic heterocycles. The zero-order chi connectivity index (χ0) is 35.7. The van der Waals surface area contributed by atoms with Crippen molar-refractivity contribution in [1.82, 2.24) is 14.9 Å². The van der Waals surface area contributed by atoms with Crippen LogP contribution in [0.4, 0.5) is 16.5 Å². The number of hydrogen-bond acceptors (Lipinski definition) is 13. The number of methoxy groups -OCH3 is 2. The molecule has 49 heavy (non-hydrogen) atoms. The molecule has 0 aromatic carbocycles. The maximum absolute atomic E-state index is 12.1. The molecule has 1 saturated heterocycles. The van der Waals surface area contributed by atoms with Gasteiger partial charge in [0, 0.05) is 56.8 Å². The summed E-state index contributed by atoms with van der Waals surface area (Å²) >= 11 is 1.48. The largest absolute Gasteiger partial charge is 0.504 e. The lowest BCUT2D eigenvalue weighted by Crippen LogP contribution is -2.34. The molecule has 0 bridgehead atoms. The lowest BCUT2D eigenvalue weighted by atomic mass is 9.77. The fourth-order valence-corrected chi connectivity index (χ4v) is 8.26. The minimum Gasteiger partial charge on any atom is -0.504 e. The van der Waals surface area contributed by atoms with Gasteiger partial charge in [0.1, 0.15) is 29.2 Å². The average Bonchev–Trinajstić information content (AvgIpc) is 3.76. The number of nitriles is 1. The minimum atomic E-state index is -0.547. The van der Waals surface area contributed by atoms with E-state index in [2.05, 4.69) is 31.5 Å². The molecule has 5 rings (SSSR count). The molecule has 12 nitrogen and oxygen atoms in total. The Morgan fingerprint density at radius 3 is 2.55 bits per heavy atom. The molecule has 2 aromatic heterocycles. The van der Waals surface area contributed by atoms with Crippen LogP contribution in [0.5, 0.6) is 5.88 Å².